The third-order valence-electron chi connectivity index (χ3n) is 4.31. The molecule has 2 unspecified atom stereocenters. The number of hydrogen-bond acceptors (Lipinski definition) is 3. The first-order valence-corrected chi connectivity index (χ1v) is 7.21. The van der Waals surface area contributed by atoms with E-state index in [0.717, 1.165) is 25.9 Å². The molecule has 1 aromatic carbocycles. The maximum Gasteiger partial charge on any atom is 0.179 e. The van der Waals surface area contributed by atoms with Crippen molar-refractivity contribution >= 4 is 5.78 Å². The van der Waals surface area contributed by atoms with Gasteiger partial charge in [0.15, 0.2) is 5.78 Å². The number of benzene rings is 1. The van der Waals surface area contributed by atoms with E-state index in [1.54, 1.807) is 0 Å². The first kappa shape index (κ1) is 15.1. The number of likely N-dealkylation sites (tertiary alicyclic amines) is 1. The molecule has 1 N–H and O–H groups in total. The van der Waals surface area contributed by atoms with Crippen molar-refractivity contribution in [3.63, 3.8) is 0 Å². The highest BCUT2D eigenvalue weighted by atomic mass is 19.1. The highest BCUT2D eigenvalue weighted by Crippen LogP contribution is 2.23. The van der Waals surface area contributed by atoms with Gasteiger partial charge in [0.05, 0.1) is 12.1 Å². The van der Waals surface area contributed by atoms with Gasteiger partial charge in [-0.2, -0.15) is 0 Å². The minimum Gasteiger partial charge on any atom is -0.393 e. The Kier molecular flexibility index (Phi) is 4.89. The maximum atomic E-state index is 12.9. The minimum absolute atomic E-state index is 0.0282. The van der Waals surface area contributed by atoms with Crippen molar-refractivity contribution in [3.8, 4) is 0 Å². The number of ketones is 1. The van der Waals surface area contributed by atoms with E-state index in [2.05, 4.69) is 4.90 Å². The van der Waals surface area contributed by atoms with Gasteiger partial charge in [0, 0.05) is 5.56 Å². The van der Waals surface area contributed by atoms with Crippen molar-refractivity contribution in [1.82, 2.24) is 4.90 Å². The fraction of sp³-hybridized carbons (Fsp3) is 0.562. The minimum atomic E-state index is -0.327. The summed E-state index contributed by atoms with van der Waals surface area (Å²) in [5, 5.41) is 9.59. The molecule has 1 saturated heterocycles. The number of halogens is 1. The molecular formula is C16H22FNO2. The molecule has 0 radical (unpaired) electrons. The fourth-order valence-corrected chi connectivity index (χ4v) is 2.81. The molecule has 0 spiro atoms. The summed E-state index contributed by atoms with van der Waals surface area (Å²) in [5.74, 6) is 0.0341. The van der Waals surface area contributed by atoms with E-state index >= 15 is 0 Å². The fourth-order valence-electron chi connectivity index (χ4n) is 2.81. The van der Waals surface area contributed by atoms with E-state index in [1.807, 2.05) is 13.8 Å². The molecule has 20 heavy (non-hydrogen) atoms. The maximum absolute atomic E-state index is 12.9. The van der Waals surface area contributed by atoms with E-state index in [-0.39, 0.29) is 23.7 Å². The van der Waals surface area contributed by atoms with Crippen LogP contribution in [0.4, 0.5) is 4.39 Å². The van der Waals surface area contributed by atoms with Crippen LogP contribution < -0.4 is 0 Å². The Labute approximate surface area is 119 Å². The Morgan fingerprint density at radius 2 is 1.80 bits per heavy atom. The Morgan fingerprint density at radius 1 is 1.25 bits per heavy atom. The Hall–Kier alpha value is -1.26. The van der Waals surface area contributed by atoms with E-state index < -0.39 is 0 Å². The predicted octanol–water partition coefficient (Wildman–Crippen LogP) is 2.49. The second-order valence-corrected chi connectivity index (χ2v) is 5.66. The molecule has 4 heteroatoms. The van der Waals surface area contributed by atoms with Crippen LogP contribution in [0, 0.1) is 11.7 Å². The molecule has 1 fully saturated rings. The molecule has 2 atom stereocenters. The van der Waals surface area contributed by atoms with Crippen molar-refractivity contribution in [2.75, 3.05) is 13.1 Å². The lowest BCUT2D eigenvalue weighted by atomic mass is 9.91. The lowest BCUT2D eigenvalue weighted by Crippen LogP contribution is -2.45. The third-order valence-corrected chi connectivity index (χ3v) is 4.31. The number of carbonyl (C=O) groups excluding carboxylic acids is 1. The molecule has 1 aromatic rings. The molecular weight excluding hydrogens is 257 g/mol. The highest BCUT2D eigenvalue weighted by Gasteiger charge is 2.28. The van der Waals surface area contributed by atoms with Gasteiger partial charge in [0.2, 0.25) is 0 Å². The van der Waals surface area contributed by atoms with E-state index in [9.17, 15) is 14.3 Å². The Bertz CT molecular complexity index is 450. The molecule has 1 aliphatic rings. The van der Waals surface area contributed by atoms with Crippen LogP contribution in [-0.4, -0.2) is 41.0 Å². The van der Waals surface area contributed by atoms with Crippen LogP contribution in [-0.2, 0) is 0 Å². The number of carbonyl (C=O) groups is 1. The highest BCUT2D eigenvalue weighted by molar-refractivity contribution is 5.99. The number of nitrogens with zero attached hydrogens (tertiary/aromatic N) is 1. The van der Waals surface area contributed by atoms with Crippen LogP contribution in [0.15, 0.2) is 24.3 Å². The smallest absolute Gasteiger partial charge is 0.179 e. The molecule has 0 saturated carbocycles. The van der Waals surface area contributed by atoms with Gasteiger partial charge in [0.1, 0.15) is 5.82 Å². The molecule has 1 aliphatic heterocycles. The summed E-state index contributed by atoms with van der Waals surface area (Å²) >= 11 is 0. The normalized spacial score (nSPS) is 20.6. The van der Waals surface area contributed by atoms with E-state index in [0.29, 0.717) is 11.5 Å². The molecule has 0 amide bonds. The van der Waals surface area contributed by atoms with Crippen LogP contribution >= 0.6 is 0 Å². The summed E-state index contributed by atoms with van der Waals surface area (Å²) in [7, 11) is 0. The van der Waals surface area contributed by atoms with Crippen LogP contribution in [0.2, 0.25) is 0 Å². The van der Waals surface area contributed by atoms with Gasteiger partial charge in [-0.15, -0.1) is 0 Å². The first-order chi connectivity index (χ1) is 9.49. The molecule has 2 rings (SSSR count). The zero-order valence-corrected chi connectivity index (χ0v) is 12.1. The van der Waals surface area contributed by atoms with Crippen LogP contribution in [0.25, 0.3) is 0 Å². The zero-order chi connectivity index (χ0) is 14.7. The van der Waals surface area contributed by atoms with Crippen molar-refractivity contribution in [2.24, 2.45) is 5.92 Å². The van der Waals surface area contributed by atoms with E-state index in [4.69, 9.17) is 0 Å². The quantitative estimate of drug-likeness (QED) is 0.861. The largest absolute Gasteiger partial charge is 0.393 e. The van der Waals surface area contributed by atoms with E-state index in [1.165, 1.54) is 24.3 Å². The summed E-state index contributed by atoms with van der Waals surface area (Å²) in [6.45, 7) is 5.37. The molecule has 110 valence electrons. The number of piperidine rings is 1. The van der Waals surface area contributed by atoms with Crippen molar-refractivity contribution < 1.29 is 14.3 Å². The van der Waals surface area contributed by atoms with Gasteiger partial charge >= 0.3 is 0 Å². The SMILES string of the molecule is CC(O)C1CCN(C(C)C(=O)c2ccc(F)cc2)CC1. The Morgan fingerprint density at radius 3 is 2.30 bits per heavy atom. The first-order valence-electron chi connectivity index (χ1n) is 7.21. The summed E-state index contributed by atoms with van der Waals surface area (Å²) in [5.41, 5.74) is 0.552. The van der Waals surface area contributed by atoms with Crippen LogP contribution in [0.1, 0.15) is 37.0 Å². The van der Waals surface area contributed by atoms with Gasteiger partial charge in [-0.3, -0.25) is 9.69 Å². The van der Waals surface area contributed by atoms with Gasteiger partial charge < -0.3 is 5.11 Å². The summed E-state index contributed by atoms with van der Waals surface area (Å²) in [4.78, 5) is 14.5. The monoisotopic (exact) mass is 279 g/mol. The molecule has 1 heterocycles. The molecule has 0 aliphatic carbocycles. The summed E-state index contributed by atoms with van der Waals surface area (Å²) in [6.07, 6.45) is 1.55. The lowest BCUT2D eigenvalue weighted by molar-refractivity contribution is 0.0527. The average molecular weight is 279 g/mol. The summed E-state index contributed by atoms with van der Waals surface area (Å²) in [6, 6.07) is 5.52. The topological polar surface area (TPSA) is 40.5 Å². The molecule has 0 bridgehead atoms. The van der Waals surface area contributed by atoms with Crippen LogP contribution in [0.3, 0.4) is 0 Å². The number of hydrogen-bond donors (Lipinski definition) is 1. The van der Waals surface area contributed by atoms with Gasteiger partial charge in [-0.1, -0.05) is 0 Å². The molecule has 3 nitrogen and oxygen atoms in total. The zero-order valence-electron chi connectivity index (χ0n) is 12.1. The van der Waals surface area contributed by atoms with Crippen molar-refractivity contribution in [2.45, 2.75) is 38.8 Å². The lowest BCUT2D eigenvalue weighted by Gasteiger charge is -2.36. The van der Waals surface area contributed by atoms with Crippen molar-refractivity contribution in [1.29, 1.82) is 0 Å². The second-order valence-electron chi connectivity index (χ2n) is 5.66. The van der Waals surface area contributed by atoms with Crippen LogP contribution in [0.5, 0.6) is 0 Å². The van der Waals surface area contributed by atoms with Gasteiger partial charge in [0.25, 0.3) is 0 Å². The standard InChI is InChI=1S/C16H22FNO2/c1-11(16(20)14-3-5-15(17)6-4-14)18-9-7-13(8-10-18)12(2)19/h3-6,11-13,19H,7-10H2,1-2H3. The number of Topliss-reactive ketones (excluding diaryl/α,β-unsaturated/α-hetero) is 1. The number of aliphatic hydroxyl groups excluding tert-OH is 1. The predicted molar refractivity (Wildman–Crippen MR) is 76.2 cm³/mol. The third kappa shape index (κ3) is 3.44. The number of aliphatic hydroxyl groups is 1. The second kappa shape index (κ2) is 6.46. The van der Waals surface area contributed by atoms with Gasteiger partial charge in [-0.25, -0.2) is 4.39 Å². The Balaban J connectivity index is 1.96. The number of rotatable bonds is 4. The van der Waals surface area contributed by atoms with Crippen molar-refractivity contribution in [3.05, 3.63) is 35.6 Å². The van der Waals surface area contributed by atoms with Gasteiger partial charge in [-0.05, 0) is 70.0 Å². The average Bonchev–Trinajstić information content (AvgIpc) is 2.46. The molecule has 0 aromatic heterocycles. The summed E-state index contributed by atoms with van der Waals surface area (Å²) < 4.78 is 12.9.